The number of hydrogen-bond donors (Lipinski definition) is 3. The molecule has 0 aliphatic carbocycles. The molecule has 0 aromatic carbocycles. The Balaban J connectivity index is 3.10. The summed E-state index contributed by atoms with van der Waals surface area (Å²) >= 11 is 0. The molecule has 0 spiro atoms. The lowest BCUT2D eigenvalue weighted by Gasteiger charge is -2.09. The third kappa shape index (κ3) is 34.0. The molecule has 0 saturated carbocycles. The van der Waals surface area contributed by atoms with Gasteiger partial charge in [0.05, 0.1) is 112 Å². The fraction of sp³-hybridized carbons (Fsp3) is 0.875. The molecule has 0 bridgehead atoms. The zero-order valence-electron chi connectivity index (χ0n) is 23.1. The van der Waals surface area contributed by atoms with Crippen LogP contribution in [0.25, 0.3) is 0 Å². The van der Waals surface area contributed by atoms with Crippen molar-refractivity contribution in [3.8, 4) is 0 Å². The van der Waals surface area contributed by atoms with E-state index in [4.69, 9.17) is 52.8 Å². The Morgan fingerprint density at radius 2 is 0.650 bits per heavy atom. The molecule has 16 heteroatoms. The Morgan fingerprint density at radius 1 is 0.375 bits per heavy atom. The van der Waals surface area contributed by atoms with Crippen LogP contribution in [0.3, 0.4) is 0 Å². The monoisotopic (exact) mass is 587 g/mol. The third-order valence-corrected chi connectivity index (χ3v) is 4.23. The van der Waals surface area contributed by atoms with Crippen LogP contribution in [0.2, 0.25) is 0 Å². The zero-order valence-corrected chi connectivity index (χ0v) is 23.1. The summed E-state index contributed by atoms with van der Waals surface area (Å²) in [6.07, 6.45) is 0. The molecule has 0 aromatic rings. The Labute approximate surface area is 234 Å². The Bertz CT molecular complexity index is 597. The van der Waals surface area contributed by atoms with E-state index < -0.39 is 24.5 Å². The second-order valence-corrected chi connectivity index (χ2v) is 7.58. The summed E-state index contributed by atoms with van der Waals surface area (Å²) in [6, 6.07) is 0. The second kappa shape index (κ2) is 31.5. The van der Waals surface area contributed by atoms with Crippen LogP contribution in [0, 0.1) is 0 Å². The first kappa shape index (κ1) is 38.0. The highest BCUT2D eigenvalue weighted by molar-refractivity contribution is 5.77. The van der Waals surface area contributed by atoms with Gasteiger partial charge in [-0.15, -0.1) is 0 Å². The molecule has 0 heterocycles. The van der Waals surface area contributed by atoms with Gasteiger partial charge in [0.15, 0.2) is 0 Å². The lowest BCUT2D eigenvalue weighted by molar-refractivity contribution is -0.144. The summed E-state index contributed by atoms with van der Waals surface area (Å²) in [5.74, 6) is -2.54. The van der Waals surface area contributed by atoms with Gasteiger partial charge in [-0.3, -0.25) is 4.79 Å². The zero-order chi connectivity index (χ0) is 29.4. The number of carbonyl (C=O) groups is 3. The first-order valence-electron chi connectivity index (χ1n) is 13.0. The summed E-state index contributed by atoms with van der Waals surface area (Å²) < 4.78 is 52.3. The predicted molar refractivity (Wildman–Crippen MR) is 136 cm³/mol. The highest BCUT2D eigenvalue weighted by Crippen LogP contribution is 1.86. The van der Waals surface area contributed by atoms with Gasteiger partial charge in [-0.05, 0) is 0 Å². The van der Waals surface area contributed by atoms with E-state index in [9.17, 15) is 14.4 Å². The first-order valence-corrected chi connectivity index (χ1v) is 13.0. The van der Waals surface area contributed by atoms with Gasteiger partial charge in [-0.1, -0.05) is 0 Å². The van der Waals surface area contributed by atoms with Gasteiger partial charge in [0.2, 0.25) is 5.91 Å². The molecule has 0 aromatic heterocycles. The van der Waals surface area contributed by atoms with E-state index in [0.29, 0.717) is 112 Å². The van der Waals surface area contributed by atoms with E-state index in [1.54, 1.807) is 0 Å². The van der Waals surface area contributed by atoms with E-state index in [0.717, 1.165) is 0 Å². The highest BCUT2D eigenvalue weighted by atomic mass is 16.6. The van der Waals surface area contributed by atoms with Crippen molar-refractivity contribution in [3.63, 3.8) is 0 Å². The van der Waals surface area contributed by atoms with E-state index in [2.05, 4.69) is 10.1 Å². The maximum atomic E-state index is 11.3. The maximum Gasteiger partial charge on any atom is 0.329 e. The minimum Gasteiger partial charge on any atom is -0.480 e. The van der Waals surface area contributed by atoms with Crippen LogP contribution in [0.15, 0.2) is 0 Å². The number of hydrogen-bond acceptors (Lipinski definition) is 13. The number of aliphatic carboxylic acids is 2. The van der Waals surface area contributed by atoms with Gasteiger partial charge < -0.3 is 62.9 Å². The van der Waals surface area contributed by atoms with Crippen molar-refractivity contribution in [2.45, 2.75) is 0 Å². The van der Waals surface area contributed by atoms with Crippen LogP contribution < -0.4 is 5.32 Å². The molecule has 0 aliphatic rings. The molecule has 40 heavy (non-hydrogen) atoms. The van der Waals surface area contributed by atoms with Gasteiger partial charge >= 0.3 is 11.9 Å². The molecule has 0 aliphatic heterocycles. The summed E-state index contributed by atoms with van der Waals surface area (Å²) in [4.78, 5) is 31.8. The second-order valence-electron chi connectivity index (χ2n) is 7.58. The van der Waals surface area contributed by atoms with Crippen molar-refractivity contribution in [1.29, 1.82) is 0 Å². The smallest absolute Gasteiger partial charge is 0.329 e. The SMILES string of the molecule is O=C(O)COCCOCCOCCOCCOCCOCCOCCOCCOCCNC(=O)COCC(=O)O. The van der Waals surface area contributed by atoms with Gasteiger partial charge in [-0.2, -0.15) is 0 Å². The van der Waals surface area contributed by atoms with Crippen LogP contribution in [-0.4, -0.2) is 167 Å². The van der Waals surface area contributed by atoms with Crippen LogP contribution in [0.5, 0.6) is 0 Å². The molecule has 0 saturated heterocycles. The van der Waals surface area contributed by atoms with Gasteiger partial charge in [0, 0.05) is 6.54 Å². The third-order valence-electron chi connectivity index (χ3n) is 4.23. The fourth-order valence-corrected chi connectivity index (χ4v) is 2.46. The fourth-order valence-electron chi connectivity index (χ4n) is 2.46. The number of carbonyl (C=O) groups excluding carboxylic acids is 1. The molecule has 0 radical (unpaired) electrons. The quantitative estimate of drug-likeness (QED) is 0.0745. The largest absolute Gasteiger partial charge is 0.480 e. The van der Waals surface area contributed by atoms with Crippen molar-refractivity contribution >= 4 is 17.8 Å². The van der Waals surface area contributed by atoms with E-state index in [1.165, 1.54) is 0 Å². The number of rotatable bonds is 33. The van der Waals surface area contributed by atoms with Crippen LogP contribution in [-0.2, 0) is 61.8 Å². The Kier molecular flexibility index (Phi) is 30.0. The van der Waals surface area contributed by atoms with E-state index in [-0.39, 0.29) is 19.8 Å². The summed E-state index contributed by atoms with van der Waals surface area (Å²) in [5.41, 5.74) is 0. The van der Waals surface area contributed by atoms with E-state index >= 15 is 0 Å². The molecule has 3 N–H and O–H groups in total. The van der Waals surface area contributed by atoms with Crippen LogP contribution in [0.1, 0.15) is 0 Å². The van der Waals surface area contributed by atoms with E-state index in [1.807, 2.05) is 0 Å². The molecule has 0 fully saturated rings. The van der Waals surface area contributed by atoms with Gasteiger partial charge in [0.25, 0.3) is 0 Å². The number of carboxylic acid groups (broad SMARTS) is 2. The topological polar surface area (TPSA) is 196 Å². The molecule has 0 rings (SSSR count). The average molecular weight is 588 g/mol. The molecule has 1 amide bonds. The molecular weight excluding hydrogens is 542 g/mol. The van der Waals surface area contributed by atoms with Crippen LogP contribution in [0.4, 0.5) is 0 Å². The minimum atomic E-state index is -1.13. The molecular formula is C24H45NO15. The Hall–Kier alpha value is -1.99. The standard InChI is InChI=1S/C24H45NO15/c26-22(19-40-21-24(29)30)25-1-2-31-3-4-32-5-6-33-7-8-34-9-10-35-11-12-36-13-14-37-15-16-38-17-18-39-20-23(27)28/h1-21H2,(H,25,26)(H,27,28)(H,29,30). The molecule has 0 unspecified atom stereocenters. The summed E-state index contributed by atoms with van der Waals surface area (Å²) in [7, 11) is 0. The van der Waals surface area contributed by atoms with Crippen LogP contribution >= 0.6 is 0 Å². The van der Waals surface area contributed by atoms with Gasteiger partial charge in [0.1, 0.15) is 19.8 Å². The maximum absolute atomic E-state index is 11.3. The lowest BCUT2D eigenvalue weighted by atomic mass is 10.6. The van der Waals surface area contributed by atoms with Crippen molar-refractivity contribution in [2.24, 2.45) is 0 Å². The van der Waals surface area contributed by atoms with Gasteiger partial charge in [-0.25, -0.2) is 9.59 Å². The number of carboxylic acids is 2. The first-order chi connectivity index (χ1) is 19.5. The lowest BCUT2D eigenvalue weighted by Crippen LogP contribution is -2.31. The van der Waals surface area contributed by atoms with Crippen molar-refractivity contribution in [3.05, 3.63) is 0 Å². The number of ether oxygens (including phenoxy) is 10. The van der Waals surface area contributed by atoms with Crippen molar-refractivity contribution in [1.82, 2.24) is 5.32 Å². The minimum absolute atomic E-state index is 0.230. The van der Waals surface area contributed by atoms with Crippen molar-refractivity contribution < 1.29 is 72.0 Å². The number of nitrogens with one attached hydrogen (secondary N) is 1. The highest BCUT2D eigenvalue weighted by Gasteiger charge is 2.03. The molecule has 0 atom stereocenters. The normalized spacial score (nSPS) is 11.1. The Morgan fingerprint density at radius 3 is 0.975 bits per heavy atom. The molecule has 236 valence electrons. The summed E-state index contributed by atoms with van der Waals surface area (Å²) in [6.45, 7) is 6.07. The summed E-state index contributed by atoms with van der Waals surface area (Å²) in [5, 5.41) is 19.3. The number of amides is 1. The molecule has 16 nitrogen and oxygen atoms in total. The van der Waals surface area contributed by atoms with Crippen molar-refractivity contribution in [2.75, 3.05) is 139 Å². The predicted octanol–water partition coefficient (Wildman–Crippen LogP) is -1.56. The average Bonchev–Trinajstić information content (AvgIpc) is 2.91.